The van der Waals surface area contributed by atoms with E-state index in [2.05, 4.69) is 11.8 Å². The standard InChI is InChI=1S/C20H29N3O3/c1-16-4-3-9-23(15-16)20(25)14-19(24)22-12-10-21(11-13-22)17-5-7-18(26-2)8-6-17/h5-8,16H,3-4,9-15H2,1-2H3. The lowest BCUT2D eigenvalue weighted by atomic mass is 10.00. The fourth-order valence-electron chi connectivity index (χ4n) is 3.78. The van der Waals surface area contributed by atoms with Crippen LogP contribution in [0.15, 0.2) is 24.3 Å². The molecule has 2 fully saturated rings. The molecule has 2 heterocycles. The zero-order valence-electron chi connectivity index (χ0n) is 15.8. The van der Waals surface area contributed by atoms with Gasteiger partial charge in [0.25, 0.3) is 0 Å². The highest BCUT2D eigenvalue weighted by Crippen LogP contribution is 2.21. The van der Waals surface area contributed by atoms with E-state index in [0.29, 0.717) is 19.0 Å². The molecule has 1 atom stereocenters. The Morgan fingerprint density at radius 1 is 1.00 bits per heavy atom. The molecule has 0 aliphatic carbocycles. The van der Waals surface area contributed by atoms with Crippen LogP contribution in [0.25, 0.3) is 0 Å². The Hall–Kier alpha value is -2.24. The fourth-order valence-corrected chi connectivity index (χ4v) is 3.78. The Morgan fingerprint density at radius 2 is 1.65 bits per heavy atom. The number of anilines is 1. The summed E-state index contributed by atoms with van der Waals surface area (Å²) in [7, 11) is 1.66. The average Bonchev–Trinajstić information content (AvgIpc) is 2.68. The first kappa shape index (κ1) is 18.5. The third-order valence-corrected chi connectivity index (χ3v) is 5.38. The predicted octanol–water partition coefficient (Wildman–Crippen LogP) is 1.99. The number of nitrogens with zero attached hydrogens (tertiary/aromatic N) is 3. The van der Waals surface area contributed by atoms with E-state index in [9.17, 15) is 9.59 Å². The van der Waals surface area contributed by atoms with Gasteiger partial charge in [-0.2, -0.15) is 0 Å². The van der Waals surface area contributed by atoms with Crippen LogP contribution in [0.4, 0.5) is 5.69 Å². The summed E-state index contributed by atoms with van der Waals surface area (Å²) in [5, 5.41) is 0. The summed E-state index contributed by atoms with van der Waals surface area (Å²) in [5.41, 5.74) is 1.14. The first-order valence-corrected chi connectivity index (χ1v) is 9.51. The summed E-state index contributed by atoms with van der Waals surface area (Å²) < 4.78 is 5.19. The van der Waals surface area contributed by atoms with Gasteiger partial charge in [0.05, 0.1) is 7.11 Å². The van der Waals surface area contributed by atoms with Crippen LogP contribution in [-0.2, 0) is 9.59 Å². The molecule has 0 radical (unpaired) electrons. The highest BCUT2D eigenvalue weighted by atomic mass is 16.5. The molecule has 3 rings (SSSR count). The molecule has 2 saturated heterocycles. The molecule has 0 aromatic heterocycles. The van der Waals surface area contributed by atoms with Crippen LogP contribution in [0, 0.1) is 5.92 Å². The molecule has 26 heavy (non-hydrogen) atoms. The predicted molar refractivity (Wildman–Crippen MR) is 101 cm³/mol. The van der Waals surface area contributed by atoms with Crippen molar-refractivity contribution in [2.24, 2.45) is 5.92 Å². The number of amides is 2. The van der Waals surface area contributed by atoms with Gasteiger partial charge in [-0.1, -0.05) is 6.92 Å². The van der Waals surface area contributed by atoms with E-state index >= 15 is 0 Å². The number of rotatable bonds is 4. The van der Waals surface area contributed by atoms with Crippen molar-refractivity contribution >= 4 is 17.5 Å². The maximum atomic E-state index is 12.5. The van der Waals surface area contributed by atoms with Crippen LogP contribution in [0.5, 0.6) is 5.75 Å². The van der Waals surface area contributed by atoms with Crippen molar-refractivity contribution in [3.8, 4) is 5.75 Å². The molecule has 142 valence electrons. The van der Waals surface area contributed by atoms with Gasteiger partial charge < -0.3 is 19.4 Å². The first-order valence-electron chi connectivity index (χ1n) is 9.51. The van der Waals surface area contributed by atoms with Crippen molar-refractivity contribution in [1.29, 1.82) is 0 Å². The molecule has 2 aliphatic rings. The number of likely N-dealkylation sites (tertiary alicyclic amines) is 1. The highest BCUT2D eigenvalue weighted by Gasteiger charge is 2.27. The van der Waals surface area contributed by atoms with Gasteiger partial charge in [0.1, 0.15) is 12.2 Å². The smallest absolute Gasteiger partial charge is 0.232 e. The lowest BCUT2D eigenvalue weighted by molar-refractivity contribution is -0.141. The summed E-state index contributed by atoms with van der Waals surface area (Å²) in [4.78, 5) is 30.8. The second-order valence-electron chi connectivity index (χ2n) is 7.33. The highest BCUT2D eigenvalue weighted by molar-refractivity contribution is 5.97. The van der Waals surface area contributed by atoms with Gasteiger partial charge in [-0.15, -0.1) is 0 Å². The summed E-state index contributed by atoms with van der Waals surface area (Å²) >= 11 is 0. The average molecular weight is 359 g/mol. The van der Waals surface area contributed by atoms with E-state index in [-0.39, 0.29) is 18.2 Å². The normalized spacial score (nSPS) is 20.8. The Balaban J connectivity index is 1.47. The van der Waals surface area contributed by atoms with Crippen molar-refractivity contribution in [2.45, 2.75) is 26.2 Å². The summed E-state index contributed by atoms with van der Waals surface area (Å²) in [6, 6.07) is 7.98. The third kappa shape index (κ3) is 4.48. The number of piperazine rings is 1. The zero-order chi connectivity index (χ0) is 18.5. The molecule has 1 aromatic carbocycles. The van der Waals surface area contributed by atoms with Crippen LogP contribution >= 0.6 is 0 Å². The SMILES string of the molecule is COc1ccc(N2CCN(C(=O)CC(=O)N3CCCC(C)C3)CC2)cc1. The second kappa shape index (κ2) is 8.43. The molecular weight excluding hydrogens is 330 g/mol. The van der Waals surface area contributed by atoms with Crippen molar-refractivity contribution in [3.05, 3.63) is 24.3 Å². The molecule has 2 aliphatic heterocycles. The number of carbonyl (C=O) groups excluding carboxylic acids is 2. The van der Waals surface area contributed by atoms with E-state index in [1.54, 1.807) is 7.11 Å². The van der Waals surface area contributed by atoms with Gasteiger partial charge in [-0.3, -0.25) is 9.59 Å². The lowest BCUT2D eigenvalue weighted by Crippen LogP contribution is -2.50. The van der Waals surface area contributed by atoms with E-state index in [0.717, 1.165) is 44.0 Å². The zero-order valence-corrected chi connectivity index (χ0v) is 15.8. The Morgan fingerprint density at radius 3 is 2.27 bits per heavy atom. The molecule has 6 nitrogen and oxygen atoms in total. The van der Waals surface area contributed by atoms with Crippen molar-refractivity contribution in [2.75, 3.05) is 51.3 Å². The number of piperidine rings is 1. The van der Waals surface area contributed by atoms with Crippen LogP contribution < -0.4 is 9.64 Å². The molecule has 1 aromatic rings. The number of benzene rings is 1. The van der Waals surface area contributed by atoms with Gasteiger partial charge in [0.2, 0.25) is 11.8 Å². The maximum Gasteiger partial charge on any atom is 0.232 e. The number of methoxy groups -OCH3 is 1. The second-order valence-corrected chi connectivity index (χ2v) is 7.33. The molecule has 1 unspecified atom stereocenters. The number of hydrogen-bond acceptors (Lipinski definition) is 4. The maximum absolute atomic E-state index is 12.5. The monoisotopic (exact) mass is 359 g/mol. The number of carbonyl (C=O) groups is 2. The van der Waals surface area contributed by atoms with E-state index in [1.807, 2.05) is 34.1 Å². The molecule has 0 saturated carbocycles. The van der Waals surface area contributed by atoms with Crippen LogP contribution in [-0.4, -0.2) is 68.0 Å². The minimum absolute atomic E-state index is 0.00918. The molecule has 0 spiro atoms. The van der Waals surface area contributed by atoms with Crippen LogP contribution in [0.3, 0.4) is 0 Å². The lowest BCUT2D eigenvalue weighted by Gasteiger charge is -2.37. The molecule has 0 bridgehead atoms. The Bertz CT molecular complexity index is 624. The molecule has 2 amide bonds. The Labute approximate surface area is 155 Å². The van der Waals surface area contributed by atoms with Gasteiger partial charge in [0.15, 0.2) is 0 Å². The van der Waals surface area contributed by atoms with Crippen molar-refractivity contribution in [3.63, 3.8) is 0 Å². The van der Waals surface area contributed by atoms with Gasteiger partial charge in [-0.05, 0) is 43.0 Å². The van der Waals surface area contributed by atoms with Crippen LogP contribution in [0.1, 0.15) is 26.2 Å². The first-order chi connectivity index (χ1) is 12.6. The van der Waals surface area contributed by atoms with Gasteiger partial charge in [0, 0.05) is 45.0 Å². The molecule has 6 heteroatoms. The molecule has 0 N–H and O–H groups in total. The van der Waals surface area contributed by atoms with Crippen molar-refractivity contribution < 1.29 is 14.3 Å². The summed E-state index contributed by atoms with van der Waals surface area (Å²) in [6.45, 7) is 6.64. The van der Waals surface area contributed by atoms with Crippen molar-refractivity contribution in [1.82, 2.24) is 9.80 Å². The largest absolute Gasteiger partial charge is 0.497 e. The third-order valence-electron chi connectivity index (χ3n) is 5.38. The summed E-state index contributed by atoms with van der Waals surface area (Å²) in [6.07, 6.45) is 2.22. The quantitative estimate of drug-likeness (QED) is 0.772. The number of ether oxygens (including phenoxy) is 1. The minimum atomic E-state index is -0.0393. The molecular formula is C20H29N3O3. The Kier molecular flexibility index (Phi) is 6.01. The van der Waals surface area contributed by atoms with Crippen LogP contribution in [0.2, 0.25) is 0 Å². The van der Waals surface area contributed by atoms with Gasteiger partial charge >= 0.3 is 0 Å². The van der Waals surface area contributed by atoms with Gasteiger partial charge in [-0.25, -0.2) is 0 Å². The van der Waals surface area contributed by atoms with E-state index in [4.69, 9.17) is 4.74 Å². The summed E-state index contributed by atoms with van der Waals surface area (Å²) in [5.74, 6) is 1.32. The van der Waals surface area contributed by atoms with E-state index < -0.39 is 0 Å². The van der Waals surface area contributed by atoms with E-state index in [1.165, 1.54) is 6.42 Å². The number of hydrogen-bond donors (Lipinski definition) is 0. The minimum Gasteiger partial charge on any atom is -0.497 e. The fraction of sp³-hybridized carbons (Fsp3) is 0.600. The topological polar surface area (TPSA) is 53.1 Å².